The van der Waals surface area contributed by atoms with Crippen molar-refractivity contribution in [1.82, 2.24) is 0 Å². The Morgan fingerprint density at radius 1 is 1.00 bits per heavy atom. The number of rotatable bonds is 6. The third-order valence-corrected chi connectivity index (χ3v) is 5.32. The quantitative estimate of drug-likeness (QED) is 0.371. The van der Waals surface area contributed by atoms with E-state index in [-0.39, 0.29) is 22.7 Å². The first-order valence-electron chi connectivity index (χ1n) is 10.2. The van der Waals surface area contributed by atoms with E-state index in [9.17, 15) is 14.4 Å². The lowest BCUT2D eigenvalue weighted by Gasteiger charge is -2.17. The van der Waals surface area contributed by atoms with E-state index in [0.29, 0.717) is 32.8 Å². The monoisotopic (exact) mass is 461 g/mol. The number of nitrogens with one attached hydrogen (secondary N) is 1. The second-order valence-electron chi connectivity index (χ2n) is 7.48. The lowest BCUT2D eigenvalue weighted by molar-refractivity contribution is -0.122. The molecule has 3 aromatic carbocycles. The van der Waals surface area contributed by atoms with E-state index in [1.807, 2.05) is 0 Å². The van der Waals surface area contributed by atoms with Crippen molar-refractivity contribution in [2.75, 3.05) is 5.32 Å². The van der Waals surface area contributed by atoms with Gasteiger partial charge in [-0.25, -0.2) is 0 Å². The summed E-state index contributed by atoms with van der Waals surface area (Å²) in [6, 6.07) is 20.2. The number of ketones is 1. The molecule has 33 heavy (non-hydrogen) atoms. The van der Waals surface area contributed by atoms with Crippen molar-refractivity contribution in [2.24, 2.45) is 0 Å². The van der Waals surface area contributed by atoms with Crippen molar-refractivity contribution in [1.29, 1.82) is 0 Å². The number of hydrogen-bond acceptors (Lipinski definition) is 5. The van der Waals surface area contributed by atoms with Crippen LogP contribution in [-0.4, -0.2) is 17.8 Å². The molecule has 4 aromatic rings. The van der Waals surface area contributed by atoms with Crippen LogP contribution >= 0.6 is 11.6 Å². The molecule has 0 radical (unpaired) electrons. The molecule has 0 bridgehead atoms. The maximum Gasteiger partial charge on any atom is 0.265 e. The van der Waals surface area contributed by atoms with Gasteiger partial charge in [-0.05, 0) is 62.4 Å². The zero-order chi connectivity index (χ0) is 23.5. The zero-order valence-electron chi connectivity index (χ0n) is 17.9. The van der Waals surface area contributed by atoms with Crippen LogP contribution in [0.15, 0.2) is 82.0 Å². The zero-order valence-corrected chi connectivity index (χ0v) is 18.7. The van der Waals surface area contributed by atoms with Gasteiger partial charge >= 0.3 is 0 Å². The van der Waals surface area contributed by atoms with E-state index < -0.39 is 12.0 Å². The lowest BCUT2D eigenvalue weighted by Crippen LogP contribution is -2.32. The number of hydrogen-bond donors (Lipinski definition) is 1. The molecule has 0 saturated carbocycles. The summed E-state index contributed by atoms with van der Waals surface area (Å²) in [5.74, 6) is -0.466. The average Bonchev–Trinajstić information content (AvgIpc) is 2.81. The number of ether oxygens (including phenoxy) is 1. The minimum atomic E-state index is -1.03. The molecule has 6 nitrogen and oxygen atoms in total. The second kappa shape index (κ2) is 9.30. The summed E-state index contributed by atoms with van der Waals surface area (Å²) < 4.78 is 11.9. The third kappa shape index (κ3) is 4.81. The number of amides is 1. The molecular weight excluding hydrogens is 442 g/mol. The van der Waals surface area contributed by atoms with Gasteiger partial charge in [0.25, 0.3) is 5.91 Å². The molecule has 7 heteroatoms. The molecule has 1 atom stereocenters. The summed E-state index contributed by atoms with van der Waals surface area (Å²) >= 11 is 6.00. The first kappa shape index (κ1) is 22.3. The lowest BCUT2D eigenvalue weighted by atomic mass is 10.1. The Morgan fingerprint density at radius 2 is 1.73 bits per heavy atom. The van der Waals surface area contributed by atoms with E-state index in [4.69, 9.17) is 20.8 Å². The average molecular weight is 462 g/mol. The van der Waals surface area contributed by atoms with Crippen molar-refractivity contribution in [2.45, 2.75) is 20.0 Å². The fraction of sp³-hybridized carbons (Fsp3) is 0.115. The number of fused-ring (bicyclic) bond motifs is 1. The molecular formula is C26H20ClNO5. The summed E-state index contributed by atoms with van der Waals surface area (Å²) in [4.78, 5) is 37.6. The minimum absolute atomic E-state index is 0.0730. The Labute approximate surface area is 194 Å². The largest absolute Gasteiger partial charge is 0.473 e. The molecule has 0 fully saturated rings. The van der Waals surface area contributed by atoms with Crippen molar-refractivity contribution in [3.05, 3.63) is 93.6 Å². The van der Waals surface area contributed by atoms with Crippen LogP contribution in [0, 0.1) is 0 Å². The van der Waals surface area contributed by atoms with Crippen molar-refractivity contribution >= 4 is 39.9 Å². The van der Waals surface area contributed by atoms with Crippen LogP contribution < -0.4 is 15.5 Å². The Kier molecular flexibility index (Phi) is 6.29. The Bertz CT molecular complexity index is 1410. The molecule has 1 N–H and O–H groups in total. The Balaban J connectivity index is 1.69. The fourth-order valence-electron chi connectivity index (χ4n) is 3.31. The first-order valence-corrected chi connectivity index (χ1v) is 10.6. The molecule has 0 aliphatic heterocycles. The van der Waals surface area contributed by atoms with Gasteiger partial charge in [-0.3, -0.25) is 14.4 Å². The number of carbonyl (C=O) groups is 2. The number of anilines is 1. The van der Waals surface area contributed by atoms with Gasteiger partial charge in [0.15, 0.2) is 17.6 Å². The number of Topliss-reactive ketones (excluding diaryl/α,β-unsaturated/α-hetero) is 1. The summed E-state index contributed by atoms with van der Waals surface area (Å²) in [5.41, 5.74) is 1.52. The van der Waals surface area contributed by atoms with Gasteiger partial charge in [0.2, 0.25) is 11.2 Å². The molecule has 0 spiro atoms. The van der Waals surface area contributed by atoms with Crippen molar-refractivity contribution in [3.63, 3.8) is 0 Å². The maximum absolute atomic E-state index is 13.2. The van der Waals surface area contributed by atoms with Gasteiger partial charge in [-0.15, -0.1) is 0 Å². The topological polar surface area (TPSA) is 85.6 Å². The molecule has 1 heterocycles. The molecule has 4 rings (SSSR count). The highest BCUT2D eigenvalue weighted by atomic mass is 35.5. The summed E-state index contributed by atoms with van der Waals surface area (Å²) in [6.45, 7) is 2.98. The third-order valence-electron chi connectivity index (χ3n) is 5.06. The maximum atomic E-state index is 13.2. The normalized spacial score (nSPS) is 11.7. The van der Waals surface area contributed by atoms with Gasteiger partial charge in [0.05, 0.1) is 5.39 Å². The van der Waals surface area contributed by atoms with Crippen LogP contribution in [0.2, 0.25) is 5.02 Å². The molecule has 1 unspecified atom stereocenters. The Morgan fingerprint density at radius 3 is 2.45 bits per heavy atom. The highest BCUT2D eigenvalue weighted by Crippen LogP contribution is 2.32. The SMILES string of the molecule is CC(=O)c1cccc(NC(=O)C(C)Oc2c(-c3ccc(Cl)cc3)oc3ccccc3c2=O)c1. The van der Waals surface area contributed by atoms with E-state index in [0.717, 1.165) is 0 Å². The van der Waals surface area contributed by atoms with E-state index in [1.165, 1.54) is 13.8 Å². The molecule has 0 aliphatic carbocycles. The van der Waals surface area contributed by atoms with Crippen LogP contribution in [0.4, 0.5) is 5.69 Å². The van der Waals surface area contributed by atoms with Crippen LogP contribution in [0.1, 0.15) is 24.2 Å². The number of carbonyl (C=O) groups excluding carboxylic acids is 2. The van der Waals surface area contributed by atoms with Crippen molar-refractivity contribution in [3.8, 4) is 17.1 Å². The van der Waals surface area contributed by atoms with Gasteiger partial charge in [0.1, 0.15) is 5.58 Å². The number of para-hydroxylation sites is 1. The van der Waals surface area contributed by atoms with Gasteiger partial charge in [-0.2, -0.15) is 0 Å². The highest BCUT2D eigenvalue weighted by Gasteiger charge is 2.23. The second-order valence-corrected chi connectivity index (χ2v) is 7.92. The molecule has 0 aliphatic rings. The van der Waals surface area contributed by atoms with Crippen LogP contribution in [0.5, 0.6) is 5.75 Å². The van der Waals surface area contributed by atoms with Crippen LogP contribution in [0.25, 0.3) is 22.3 Å². The highest BCUT2D eigenvalue weighted by molar-refractivity contribution is 6.30. The molecule has 1 aromatic heterocycles. The van der Waals surface area contributed by atoms with E-state index >= 15 is 0 Å². The number of benzene rings is 3. The van der Waals surface area contributed by atoms with Gasteiger partial charge < -0.3 is 14.5 Å². The van der Waals surface area contributed by atoms with Gasteiger partial charge in [0, 0.05) is 21.8 Å². The predicted octanol–water partition coefficient (Wildman–Crippen LogP) is 5.72. The molecule has 1 amide bonds. The van der Waals surface area contributed by atoms with Gasteiger partial charge in [-0.1, -0.05) is 35.9 Å². The summed E-state index contributed by atoms with van der Waals surface area (Å²) in [7, 11) is 0. The van der Waals surface area contributed by atoms with E-state index in [2.05, 4.69) is 5.32 Å². The smallest absolute Gasteiger partial charge is 0.265 e. The Hall–Kier alpha value is -3.90. The standard InChI is InChI=1S/C26H20ClNO5/c1-15(29)18-6-5-7-20(14-18)28-26(31)16(2)32-25-23(30)21-8-3-4-9-22(21)33-24(25)17-10-12-19(27)13-11-17/h3-14,16H,1-2H3,(H,28,31). The first-order chi connectivity index (χ1) is 15.8. The fourth-order valence-corrected chi connectivity index (χ4v) is 3.44. The van der Waals surface area contributed by atoms with Crippen LogP contribution in [-0.2, 0) is 4.79 Å². The minimum Gasteiger partial charge on any atom is -0.473 e. The van der Waals surface area contributed by atoms with Crippen molar-refractivity contribution < 1.29 is 18.7 Å². The summed E-state index contributed by atoms with van der Waals surface area (Å²) in [5, 5.41) is 3.59. The number of halogens is 1. The molecule has 166 valence electrons. The predicted molar refractivity (Wildman–Crippen MR) is 128 cm³/mol. The summed E-state index contributed by atoms with van der Waals surface area (Å²) in [6.07, 6.45) is -1.03. The molecule has 0 saturated heterocycles. The van der Waals surface area contributed by atoms with Crippen LogP contribution in [0.3, 0.4) is 0 Å². The van der Waals surface area contributed by atoms with E-state index in [1.54, 1.807) is 72.8 Å².